The molecule has 2 fully saturated rings. The Kier molecular flexibility index (Phi) is 6.67. The number of carbonyl (C=O) groups excluding carboxylic acids is 1. The Labute approximate surface area is 208 Å². The highest BCUT2D eigenvalue weighted by Gasteiger charge is 2.55. The Morgan fingerprint density at radius 2 is 1.94 bits per heavy atom. The van der Waals surface area contributed by atoms with Crippen LogP contribution in [0, 0.1) is 17.3 Å². The maximum Gasteiger partial charge on any atom is 0.306 e. The van der Waals surface area contributed by atoms with Crippen LogP contribution in [0.4, 0.5) is 0 Å². The summed E-state index contributed by atoms with van der Waals surface area (Å²) < 4.78 is 5.45. The SMILES string of the molecule is COCC1(N2C=C(C3CC(C(=O)O)C3)[C@](C)(c3ccc(CCC(C)(C)C)c(Cl)c3)CC2=O)CC1. The van der Waals surface area contributed by atoms with E-state index >= 15 is 0 Å². The molecule has 1 aromatic rings. The monoisotopic (exact) mass is 487 g/mol. The third-order valence-electron chi connectivity index (χ3n) is 8.19. The smallest absolute Gasteiger partial charge is 0.306 e. The highest BCUT2D eigenvalue weighted by Crippen LogP contribution is 2.54. The highest BCUT2D eigenvalue weighted by molar-refractivity contribution is 6.31. The van der Waals surface area contributed by atoms with Crippen molar-refractivity contribution >= 4 is 23.5 Å². The molecule has 0 bridgehead atoms. The molecule has 1 aliphatic heterocycles. The molecule has 0 radical (unpaired) electrons. The molecule has 1 atom stereocenters. The van der Waals surface area contributed by atoms with Gasteiger partial charge < -0.3 is 14.7 Å². The zero-order valence-electron chi connectivity index (χ0n) is 21.1. The first kappa shape index (κ1) is 25.2. The summed E-state index contributed by atoms with van der Waals surface area (Å²) in [6.45, 7) is 9.33. The van der Waals surface area contributed by atoms with Crippen LogP contribution in [-0.4, -0.2) is 41.1 Å². The first-order chi connectivity index (χ1) is 15.9. The van der Waals surface area contributed by atoms with Crippen molar-refractivity contribution in [2.45, 2.75) is 83.6 Å². The highest BCUT2D eigenvalue weighted by atomic mass is 35.5. The number of aliphatic carboxylic acids is 1. The molecule has 1 amide bonds. The topological polar surface area (TPSA) is 66.8 Å². The number of allylic oxidation sites excluding steroid dienone is 1. The fourth-order valence-electron chi connectivity index (χ4n) is 5.61. The molecule has 5 nitrogen and oxygen atoms in total. The minimum absolute atomic E-state index is 0.0999. The van der Waals surface area contributed by atoms with Crippen LogP contribution in [0.3, 0.4) is 0 Å². The summed E-state index contributed by atoms with van der Waals surface area (Å²) in [5.41, 5.74) is 2.80. The van der Waals surface area contributed by atoms with E-state index in [0.29, 0.717) is 25.9 Å². The van der Waals surface area contributed by atoms with Crippen molar-refractivity contribution in [1.82, 2.24) is 4.90 Å². The summed E-state index contributed by atoms with van der Waals surface area (Å²) in [7, 11) is 1.68. The minimum Gasteiger partial charge on any atom is -0.481 e. The zero-order valence-corrected chi connectivity index (χ0v) is 21.9. The predicted octanol–water partition coefficient (Wildman–Crippen LogP) is 5.98. The number of carboxylic acids is 1. The number of aryl methyl sites for hydroxylation is 1. The number of nitrogens with zero attached hydrogens (tertiary/aromatic N) is 1. The molecule has 34 heavy (non-hydrogen) atoms. The van der Waals surface area contributed by atoms with Gasteiger partial charge in [-0.25, -0.2) is 0 Å². The normalized spacial score (nSPS) is 28.4. The van der Waals surface area contributed by atoms with Gasteiger partial charge in [-0.05, 0) is 72.6 Å². The van der Waals surface area contributed by atoms with E-state index in [1.165, 1.54) is 0 Å². The lowest BCUT2D eigenvalue weighted by Gasteiger charge is -2.48. The molecule has 1 N–H and O–H groups in total. The Morgan fingerprint density at radius 3 is 2.47 bits per heavy atom. The minimum atomic E-state index is -0.730. The third-order valence-corrected chi connectivity index (χ3v) is 8.54. The molecule has 3 aliphatic rings. The van der Waals surface area contributed by atoms with E-state index in [1.807, 2.05) is 17.2 Å². The number of carboxylic acid groups (broad SMARTS) is 1. The Balaban J connectivity index is 1.68. The number of rotatable bonds is 8. The summed E-state index contributed by atoms with van der Waals surface area (Å²) in [4.78, 5) is 26.9. The summed E-state index contributed by atoms with van der Waals surface area (Å²) in [5.74, 6) is -0.785. The van der Waals surface area contributed by atoms with Gasteiger partial charge >= 0.3 is 5.97 Å². The summed E-state index contributed by atoms with van der Waals surface area (Å²) in [5, 5.41) is 10.2. The van der Waals surface area contributed by atoms with Crippen molar-refractivity contribution in [2.75, 3.05) is 13.7 Å². The molecule has 0 unspecified atom stereocenters. The largest absolute Gasteiger partial charge is 0.481 e. The number of carbonyl (C=O) groups is 2. The van der Waals surface area contributed by atoms with Crippen molar-refractivity contribution in [3.05, 3.63) is 46.1 Å². The molecule has 0 aromatic heterocycles. The van der Waals surface area contributed by atoms with Crippen LogP contribution in [0.2, 0.25) is 5.02 Å². The quantitative estimate of drug-likeness (QED) is 0.489. The Bertz CT molecular complexity index is 1000. The Morgan fingerprint density at radius 1 is 1.26 bits per heavy atom. The van der Waals surface area contributed by atoms with Crippen LogP contribution in [-0.2, 0) is 26.2 Å². The van der Waals surface area contributed by atoms with E-state index in [2.05, 4.69) is 39.8 Å². The fraction of sp³-hybridized carbons (Fsp3) is 0.643. The van der Waals surface area contributed by atoms with Gasteiger partial charge in [0, 0.05) is 30.2 Å². The number of benzene rings is 1. The van der Waals surface area contributed by atoms with Crippen LogP contribution in [0.15, 0.2) is 30.0 Å². The molecule has 6 heteroatoms. The number of ether oxygens (including phenoxy) is 1. The van der Waals surface area contributed by atoms with Gasteiger partial charge in [0.2, 0.25) is 5.91 Å². The van der Waals surface area contributed by atoms with E-state index in [1.54, 1.807) is 7.11 Å². The molecule has 2 aliphatic carbocycles. The second-order valence-electron chi connectivity index (χ2n) is 12.1. The summed E-state index contributed by atoms with van der Waals surface area (Å²) in [6.07, 6.45) is 7.46. The molecule has 186 valence electrons. The van der Waals surface area contributed by atoms with E-state index in [4.69, 9.17) is 16.3 Å². The van der Waals surface area contributed by atoms with Gasteiger partial charge in [0.1, 0.15) is 0 Å². The van der Waals surface area contributed by atoms with Crippen molar-refractivity contribution in [3.63, 3.8) is 0 Å². The standard InChI is InChI=1S/C28H38ClNO4/c1-26(2,3)9-8-18-6-7-21(14-23(18)29)27(4)15-24(31)30(28(10-11-28)17-34-5)16-22(27)19-12-20(13-19)25(32)33/h6-7,14,16,19-20H,8-13,15,17H2,1-5H3,(H,32,33)/t19?,20?,27-/m0/s1. The van der Waals surface area contributed by atoms with Crippen molar-refractivity contribution in [3.8, 4) is 0 Å². The lowest BCUT2D eigenvalue weighted by atomic mass is 9.60. The van der Waals surface area contributed by atoms with Gasteiger partial charge in [0.05, 0.1) is 18.1 Å². The molecule has 2 saturated carbocycles. The van der Waals surface area contributed by atoms with E-state index in [9.17, 15) is 14.7 Å². The summed E-state index contributed by atoms with van der Waals surface area (Å²) >= 11 is 6.76. The van der Waals surface area contributed by atoms with Crippen LogP contribution < -0.4 is 0 Å². The number of amides is 1. The Hall–Kier alpha value is -1.85. The summed E-state index contributed by atoms with van der Waals surface area (Å²) in [6, 6.07) is 6.26. The number of hydrogen-bond donors (Lipinski definition) is 1. The maximum absolute atomic E-state index is 13.5. The van der Waals surface area contributed by atoms with Crippen LogP contribution in [0.25, 0.3) is 0 Å². The van der Waals surface area contributed by atoms with E-state index in [-0.39, 0.29) is 28.7 Å². The molecular formula is C28H38ClNO4. The maximum atomic E-state index is 13.5. The number of halogens is 1. The molecule has 1 aromatic carbocycles. The van der Waals surface area contributed by atoms with Gasteiger partial charge in [-0.15, -0.1) is 0 Å². The average molecular weight is 488 g/mol. The number of methoxy groups -OCH3 is 1. The molecular weight excluding hydrogens is 450 g/mol. The fourth-order valence-corrected chi connectivity index (χ4v) is 5.89. The van der Waals surface area contributed by atoms with E-state index < -0.39 is 11.4 Å². The second kappa shape index (κ2) is 8.98. The molecule has 1 heterocycles. The van der Waals surface area contributed by atoms with Gasteiger partial charge in [-0.3, -0.25) is 9.59 Å². The van der Waals surface area contributed by atoms with Gasteiger partial charge in [-0.2, -0.15) is 0 Å². The van der Waals surface area contributed by atoms with Crippen LogP contribution >= 0.6 is 11.6 Å². The van der Waals surface area contributed by atoms with Crippen molar-refractivity contribution in [1.29, 1.82) is 0 Å². The van der Waals surface area contributed by atoms with E-state index in [0.717, 1.165) is 47.4 Å². The molecule has 0 spiro atoms. The first-order valence-electron chi connectivity index (χ1n) is 12.4. The van der Waals surface area contributed by atoms with Gasteiger partial charge in [-0.1, -0.05) is 51.4 Å². The van der Waals surface area contributed by atoms with Crippen LogP contribution in [0.5, 0.6) is 0 Å². The lowest BCUT2D eigenvalue weighted by Crippen LogP contribution is -2.50. The van der Waals surface area contributed by atoms with Crippen molar-refractivity contribution < 1.29 is 19.4 Å². The van der Waals surface area contributed by atoms with Gasteiger partial charge in [0.25, 0.3) is 0 Å². The van der Waals surface area contributed by atoms with Crippen molar-refractivity contribution in [2.24, 2.45) is 17.3 Å². The third kappa shape index (κ3) is 4.79. The average Bonchev–Trinajstić information content (AvgIpc) is 3.47. The first-order valence-corrected chi connectivity index (χ1v) is 12.8. The molecule has 0 saturated heterocycles. The van der Waals surface area contributed by atoms with Crippen LogP contribution in [0.1, 0.15) is 77.3 Å². The zero-order chi connectivity index (χ0) is 24.9. The predicted molar refractivity (Wildman–Crippen MR) is 134 cm³/mol. The second-order valence-corrected chi connectivity index (χ2v) is 12.5. The lowest BCUT2D eigenvalue weighted by molar-refractivity contribution is -0.146. The number of hydrogen-bond acceptors (Lipinski definition) is 3. The van der Waals surface area contributed by atoms with Gasteiger partial charge in [0.15, 0.2) is 0 Å². The molecule has 4 rings (SSSR count).